The predicted molar refractivity (Wildman–Crippen MR) is 63.3 cm³/mol. The summed E-state index contributed by atoms with van der Waals surface area (Å²) in [7, 11) is 4.18. The Hall–Kier alpha value is -0.970. The summed E-state index contributed by atoms with van der Waals surface area (Å²) in [5.74, 6) is 0. The molecule has 4 nitrogen and oxygen atoms in total. The van der Waals surface area contributed by atoms with Gasteiger partial charge in [-0.05, 0) is 25.7 Å². The Labute approximate surface area is 96.6 Å². The van der Waals surface area contributed by atoms with Crippen molar-refractivity contribution in [2.45, 2.75) is 12.1 Å². The van der Waals surface area contributed by atoms with Crippen molar-refractivity contribution in [3.05, 3.63) is 30.1 Å². The van der Waals surface area contributed by atoms with Crippen LogP contribution in [-0.4, -0.2) is 49.8 Å². The highest BCUT2D eigenvalue weighted by atomic mass is 16.5. The third-order valence-corrected chi connectivity index (χ3v) is 2.91. The number of rotatable bonds is 3. The monoisotopic (exact) mass is 221 g/mol. The van der Waals surface area contributed by atoms with Crippen LogP contribution in [0.5, 0.6) is 0 Å². The molecule has 1 aromatic heterocycles. The van der Waals surface area contributed by atoms with E-state index in [1.807, 2.05) is 12.3 Å². The van der Waals surface area contributed by atoms with Crippen LogP contribution < -0.4 is 5.32 Å². The molecule has 0 aliphatic carbocycles. The van der Waals surface area contributed by atoms with Crippen molar-refractivity contribution in [3.63, 3.8) is 0 Å². The van der Waals surface area contributed by atoms with E-state index >= 15 is 0 Å². The van der Waals surface area contributed by atoms with Gasteiger partial charge in [-0.1, -0.05) is 6.07 Å². The molecular weight excluding hydrogens is 202 g/mol. The van der Waals surface area contributed by atoms with E-state index in [1.165, 1.54) is 5.56 Å². The fourth-order valence-corrected chi connectivity index (χ4v) is 2.23. The van der Waals surface area contributed by atoms with Crippen LogP contribution in [0.15, 0.2) is 24.5 Å². The van der Waals surface area contributed by atoms with Gasteiger partial charge in [-0.15, -0.1) is 0 Å². The molecule has 1 aliphatic rings. The van der Waals surface area contributed by atoms with Gasteiger partial charge in [0.05, 0.1) is 25.3 Å². The first-order chi connectivity index (χ1) is 7.79. The third-order valence-electron chi connectivity index (χ3n) is 2.91. The Balaban J connectivity index is 2.16. The van der Waals surface area contributed by atoms with Crippen molar-refractivity contribution in [3.8, 4) is 0 Å². The summed E-state index contributed by atoms with van der Waals surface area (Å²) in [6, 6.07) is 4.76. The predicted octanol–water partition coefficient (Wildman–Crippen LogP) is 0.673. The Morgan fingerprint density at radius 2 is 2.44 bits per heavy atom. The topological polar surface area (TPSA) is 37.4 Å². The molecule has 0 saturated carbocycles. The lowest BCUT2D eigenvalue weighted by Gasteiger charge is -2.35. The molecule has 1 aliphatic heterocycles. The highest BCUT2D eigenvalue weighted by Gasteiger charge is 2.26. The number of ether oxygens (including phenoxy) is 1. The lowest BCUT2D eigenvalue weighted by molar-refractivity contribution is 0.0458. The number of hydrogen-bond acceptors (Lipinski definition) is 4. The van der Waals surface area contributed by atoms with E-state index in [0.29, 0.717) is 12.1 Å². The van der Waals surface area contributed by atoms with Crippen LogP contribution in [0.1, 0.15) is 11.6 Å². The normalized spacial score (nSPS) is 23.3. The zero-order valence-corrected chi connectivity index (χ0v) is 9.89. The molecule has 0 amide bonds. The van der Waals surface area contributed by atoms with Crippen molar-refractivity contribution in [1.29, 1.82) is 0 Å². The van der Waals surface area contributed by atoms with Crippen LogP contribution in [0, 0.1) is 0 Å². The van der Waals surface area contributed by atoms with E-state index < -0.39 is 0 Å². The van der Waals surface area contributed by atoms with Gasteiger partial charge >= 0.3 is 0 Å². The molecule has 1 saturated heterocycles. The Bertz CT molecular complexity index is 309. The molecule has 1 aromatic rings. The number of nitrogens with zero attached hydrogens (tertiary/aromatic N) is 2. The van der Waals surface area contributed by atoms with Gasteiger partial charge in [-0.2, -0.15) is 0 Å². The van der Waals surface area contributed by atoms with Gasteiger partial charge in [0.1, 0.15) is 0 Å². The van der Waals surface area contributed by atoms with Gasteiger partial charge in [0, 0.05) is 18.9 Å². The van der Waals surface area contributed by atoms with Gasteiger partial charge in [0.25, 0.3) is 0 Å². The minimum Gasteiger partial charge on any atom is -0.378 e. The first-order valence-electron chi connectivity index (χ1n) is 5.66. The number of hydrogen-bond donors (Lipinski definition) is 1. The zero-order chi connectivity index (χ0) is 11.4. The van der Waals surface area contributed by atoms with Crippen molar-refractivity contribution >= 4 is 0 Å². The average molecular weight is 221 g/mol. The second kappa shape index (κ2) is 5.39. The minimum atomic E-state index is 0.314. The van der Waals surface area contributed by atoms with Crippen LogP contribution in [0.25, 0.3) is 0 Å². The molecule has 0 radical (unpaired) electrons. The Morgan fingerprint density at radius 3 is 3.00 bits per heavy atom. The lowest BCUT2D eigenvalue weighted by Crippen LogP contribution is -2.48. The standard InChI is InChI=1S/C12H19N3O/c1-15(2)12(10-4-3-5-13-8-10)11-9-16-7-6-14-11/h3-5,8,11-12,14H,6-7,9H2,1-2H3. The average Bonchev–Trinajstić information content (AvgIpc) is 2.31. The molecule has 2 heterocycles. The quantitative estimate of drug-likeness (QED) is 0.814. The van der Waals surface area contributed by atoms with Crippen LogP contribution in [0.2, 0.25) is 0 Å². The molecular formula is C12H19N3O. The largest absolute Gasteiger partial charge is 0.378 e. The zero-order valence-electron chi connectivity index (χ0n) is 9.89. The second-order valence-corrected chi connectivity index (χ2v) is 4.33. The first-order valence-corrected chi connectivity index (χ1v) is 5.66. The lowest BCUT2D eigenvalue weighted by atomic mass is 10.00. The molecule has 0 spiro atoms. The third kappa shape index (κ3) is 2.58. The minimum absolute atomic E-state index is 0.314. The number of likely N-dealkylation sites (N-methyl/N-ethyl adjacent to an activating group) is 1. The molecule has 0 bridgehead atoms. The van der Waals surface area contributed by atoms with Crippen molar-refractivity contribution in [1.82, 2.24) is 15.2 Å². The van der Waals surface area contributed by atoms with Crippen LogP contribution in [0.3, 0.4) is 0 Å². The number of morpholine rings is 1. The number of aromatic nitrogens is 1. The summed E-state index contributed by atoms with van der Waals surface area (Å²) in [6.07, 6.45) is 3.74. The van der Waals surface area contributed by atoms with Crippen LogP contribution in [-0.2, 0) is 4.74 Å². The fraction of sp³-hybridized carbons (Fsp3) is 0.583. The SMILES string of the molecule is CN(C)C(c1cccnc1)C1COCCN1. The summed E-state index contributed by atoms with van der Waals surface area (Å²) in [4.78, 5) is 6.40. The highest BCUT2D eigenvalue weighted by molar-refractivity contribution is 5.16. The summed E-state index contributed by atoms with van der Waals surface area (Å²) >= 11 is 0. The number of nitrogens with one attached hydrogen (secondary N) is 1. The maximum atomic E-state index is 5.53. The highest BCUT2D eigenvalue weighted by Crippen LogP contribution is 2.22. The summed E-state index contributed by atoms with van der Waals surface area (Å²) < 4.78 is 5.53. The van der Waals surface area contributed by atoms with Gasteiger partial charge < -0.3 is 15.0 Å². The summed E-state index contributed by atoms with van der Waals surface area (Å²) in [5.41, 5.74) is 1.23. The van der Waals surface area contributed by atoms with Gasteiger partial charge in [0.2, 0.25) is 0 Å². The van der Waals surface area contributed by atoms with E-state index in [0.717, 1.165) is 19.8 Å². The molecule has 4 heteroatoms. The van der Waals surface area contributed by atoms with E-state index in [1.54, 1.807) is 6.20 Å². The second-order valence-electron chi connectivity index (χ2n) is 4.33. The van der Waals surface area contributed by atoms with E-state index in [4.69, 9.17) is 4.74 Å². The number of pyridine rings is 1. The van der Waals surface area contributed by atoms with E-state index in [-0.39, 0.29) is 0 Å². The van der Waals surface area contributed by atoms with Gasteiger partial charge in [0.15, 0.2) is 0 Å². The molecule has 0 aromatic carbocycles. The van der Waals surface area contributed by atoms with Gasteiger partial charge in [-0.25, -0.2) is 0 Å². The summed E-state index contributed by atoms with van der Waals surface area (Å²) in [5, 5.41) is 3.50. The van der Waals surface area contributed by atoms with E-state index in [2.05, 4.69) is 35.4 Å². The van der Waals surface area contributed by atoms with Crippen molar-refractivity contribution < 1.29 is 4.74 Å². The first kappa shape index (κ1) is 11.5. The van der Waals surface area contributed by atoms with Crippen LogP contribution in [0.4, 0.5) is 0 Å². The fourth-order valence-electron chi connectivity index (χ4n) is 2.23. The molecule has 2 atom stereocenters. The molecule has 16 heavy (non-hydrogen) atoms. The maximum absolute atomic E-state index is 5.53. The smallest absolute Gasteiger partial charge is 0.0639 e. The molecule has 1 fully saturated rings. The Morgan fingerprint density at radius 1 is 1.56 bits per heavy atom. The van der Waals surface area contributed by atoms with Gasteiger partial charge in [-0.3, -0.25) is 4.98 Å². The summed E-state index contributed by atoms with van der Waals surface area (Å²) in [6.45, 7) is 2.50. The van der Waals surface area contributed by atoms with Crippen molar-refractivity contribution in [2.75, 3.05) is 33.9 Å². The molecule has 2 rings (SSSR count). The molecule has 88 valence electrons. The van der Waals surface area contributed by atoms with E-state index in [9.17, 15) is 0 Å². The molecule has 1 N–H and O–H groups in total. The maximum Gasteiger partial charge on any atom is 0.0639 e. The Kier molecular flexibility index (Phi) is 3.88. The van der Waals surface area contributed by atoms with Crippen LogP contribution >= 0.6 is 0 Å². The molecule has 2 unspecified atom stereocenters. The van der Waals surface area contributed by atoms with Crippen molar-refractivity contribution in [2.24, 2.45) is 0 Å².